The molecule has 0 amide bonds. The molecule has 0 bridgehead atoms. The number of rotatable bonds is 5. The van der Waals surface area contributed by atoms with Crippen LogP contribution >= 0.6 is 15.9 Å². The van der Waals surface area contributed by atoms with E-state index in [1.165, 1.54) is 0 Å². The van der Waals surface area contributed by atoms with Crippen LogP contribution in [0.25, 0.3) is 56.4 Å². The maximum absolute atomic E-state index is 4.87. The van der Waals surface area contributed by atoms with Crippen molar-refractivity contribution >= 4 is 15.9 Å². The summed E-state index contributed by atoms with van der Waals surface area (Å²) in [5.74, 6) is 1.87. The van der Waals surface area contributed by atoms with Crippen molar-refractivity contribution in [3.8, 4) is 56.4 Å². The van der Waals surface area contributed by atoms with Crippen LogP contribution < -0.4 is 0 Å². The zero-order chi connectivity index (χ0) is 25.0. The van der Waals surface area contributed by atoms with Gasteiger partial charge in [0.15, 0.2) is 17.5 Å². The second-order valence-electron chi connectivity index (χ2n) is 8.45. The summed E-state index contributed by atoms with van der Waals surface area (Å²) in [4.78, 5) is 23.0. The van der Waals surface area contributed by atoms with Gasteiger partial charge in [0, 0.05) is 46.0 Å². The van der Waals surface area contributed by atoms with E-state index in [1.54, 1.807) is 12.4 Å². The maximum atomic E-state index is 4.87. The van der Waals surface area contributed by atoms with Crippen molar-refractivity contribution in [1.29, 1.82) is 0 Å². The number of nitrogens with zero attached hydrogens (tertiary/aromatic N) is 5. The molecule has 0 saturated carbocycles. The van der Waals surface area contributed by atoms with Gasteiger partial charge in [-0.25, -0.2) is 15.0 Å². The van der Waals surface area contributed by atoms with Crippen LogP contribution in [0.2, 0.25) is 0 Å². The molecule has 3 aromatic heterocycles. The fraction of sp³-hybridized carbons (Fsp3) is 0. The minimum atomic E-state index is 0.622. The van der Waals surface area contributed by atoms with Crippen molar-refractivity contribution in [2.24, 2.45) is 0 Å². The first-order chi connectivity index (χ1) is 18.2. The first-order valence-corrected chi connectivity index (χ1v) is 12.6. The number of aromatic nitrogens is 5. The van der Waals surface area contributed by atoms with Gasteiger partial charge in [-0.2, -0.15) is 0 Å². The largest absolute Gasteiger partial charge is 0.264 e. The van der Waals surface area contributed by atoms with Gasteiger partial charge in [-0.15, -0.1) is 0 Å². The van der Waals surface area contributed by atoms with Crippen molar-refractivity contribution in [2.45, 2.75) is 0 Å². The van der Waals surface area contributed by atoms with E-state index in [2.05, 4.69) is 50.2 Å². The smallest absolute Gasteiger partial charge is 0.164 e. The normalized spacial score (nSPS) is 10.8. The van der Waals surface area contributed by atoms with Crippen molar-refractivity contribution in [2.75, 3.05) is 0 Å². The predicted octanol–water partition coefficient (Wildman–Crippen LogP) is 7.76. The Kier molecular flexibility index (Phi) is 6.31. The Morgan fingerprint density at radius 3 is 1.08 bits per heavy atom. The highest BCUT2D eigenvalue weighted by molar-refractivity contribution is 9.10. The van der Waals surface area contributed by atoms with Gasteiger partial charge < -0.3 is 0 Å². The van der Waals surface area contributed by atoms with E-state index >= 15 is 0 Å². The van der Waals surface area contributed by atoms with Crippen LogP contribution in [0, 0.1) is 0 Å². The third-order valence-corrected chi connectivity index (χ3v) is 6.54. The summed E-state index contributed by atoms with van der Waals surface area (Å²) < 4.78 is 1.00. The van der Waals surface area contributed by atoms with E-state index in [-0.39, 0.29) is 0 Å². The third-order valence-electron chi connectivity index (χ3n) is 6.01. The Balaban J connectivity index is 1.42. The fourth-order valence-corrected chi connectivity index (χ4v) is 4.32. The fourth-order valence-electron chi connectivity index (χ4n) is 4.05. The van der Waals surface area contributed by atoms with E-state index in [9.17, 15) is 0 Å². The summed E-state index contributed by atoms with van der Waals surface area (Å²) in [6.07, 6.45) is 7.27. The molecule has 0 unspecified atom stereocenters. The first kappa shape index (κ1) is 22.9. The molecule has 37 heavy (non-hydrogen) atoms. The second-order valence-corrected chi connectivity index (χ2v) is 9.37. The first-order valence-electron chi connectivity index (χ1n) is 11.8. The molecular weight excluding hydrogens is 522 g/mol. The van der Waals surface area contributed by atoms with Crippen molar-refractivity contribution < 1.29 is 0 Å². The van der Waals surface area contributed by atoms with E-state index in [4.69, 9.17) is 15.0 Å². The number of pyridine rings is 2. The Morgan fingerprint density at radius 2 is 0.730 bits per heavy atom. The lowest BCUT2D eigenvalue weighted by Crippen LogP contribution is -2.00. The van der Waals surface area contributed by atoms with E-state index in [0.717, 1.165) is 43.4 Å². The predicted molar refractivity (Wildman–Crippen MR) is 150 cm³/mol. The summed E-state index contributed by atoms with van der Waals surface area (Å²) in [5.41, 5.74) is 7.06. The van der Waals surface area contributed by atoms with Gasteiger partial charge in [0.1, 0.15) is 0 Å². The summed E-state index contributed by atoms with van der Waals surface area (Å²) >= 11 is 3.51. The summed E-state index contributed by atoms with van der Waals surface area (Å²) in [5, 5.41) is 0. The van der Waals surface area contributed by atoms with Gasteiger partial charge in [-0.1, -0.05) is 88.7 Å². The molecule has 0 aliphatic rings. The van der Waals surface area contributed by atoms with Crippen LogP contribution in [0.5, 0.6) is 0 Å². The van der Waals surface area contributed by atoms with E-state index in [1.807, 2.05) is 85.2 Å². The zero-order valence-corrected chi connectivity index (χ0v) is 21.2. The van der Waals surface area contributed by atoms with E-state index < -0.39 is 0 Å². The molecule has 0 aliphatic heterocycles. The van der Waals surface area contributed by atoms with Crippen molar-refractivity contribution in [3.05, 3.63) is 126 Å². The molecule has 6 rings (SSSR count). The number of hydrogen-bond donors (Lipinski definition) is 0. The van der Waals surface area contributed by atoms with Gasteiger partial charge in [0.25, 0.3) is 0 Å². The third kappa shape index (κ3) is 5.06. The van der Waals surface area contributed by atoms with Crippen molar-refractivity contribution in [3.63, 3.8) is 0 Å². The van der Waals surface area contributed by atoms with Crippen LogP contribution in [0.3, 0.4) is 0 Å². The van der Waals surface area contributed by atoms with Gasteiger partial charge in [-0.05, 0) is 46.5 Å². The van der Waals surface area contributed by atoms with Crippen LogP contribution in [0.15, 0.2) is 126 Å². The Morgan fingerprint density at radius 1 is 0.378 bits per heavy atom. The molecule has 0 radical (unpaired) electrons. The molecule has 3 heterocycles. The van der Waals surface area contributed by atoms with Crippen LogP contribution in [-0.2, 0) is 0 Å². The quantitative estimate of drug-likeness (QED) is 0.223. The average molecular weight is 542 g/mol. The highest BCUT2D eigenvalue weighted by atomic mass is 79.9. The Bertz CT molecular complexity index is 1530. The monoisotopic (exact) mass is 541 g/mol. The zero-order valence-electron chi connectivity index (χ0n) is 19.7. The minimum Gasteiger partial charge on any atom is -0.264 e. The average Bonchev–Trinajstić information content (AvgIpc) is 2.98. The van der Waals surface area contributed by atoms with Crippen LogP contribution in [0.1, 0.15) is 0 Å². The summed E-state index contributed by atoms with van der Waals surface area (Å²) in [6.45, 7) is 0. The molecule has 0 atom stereocenters. The molecule has 176 valence electrons. The lowest BCUT2D eigenvalue weighted by Gasteiger charge is -2.10. The number of halogens is 1. The molecule has 0 N–H and O–H groups in total. The molecule has 0 spiro atoms. The topological polar surface area (TPSA) is 64.5 Å². The molecule has 0 aliphatic carbocycles. The highest BCUT2D eigenvalue weighted by Gasteiger charge is 2.13. The Labute approximate surface area is 223 Å². The summed E-state index contributed by atoms with van der Waals surface area (Å²) in [7, 11) is 0. The maximum Gasteiger partial charge on any atom is 0.164 e. The lowest BCUT2D eigenvalue weighted by atomic mass is 10.0. The molecule has 5 nitrogen and oxygen atoms in total. The SMILES string of the molecule is Brc1ccc(-c2nc(-c3ccc(-c4cccnc4)cc3)nc(-c3ccc(-c4cccnc4)cc3)n2)cc1. The Hall–Kier alpha value is -4.55. The molecule has 0 saturated heterocycles. The lowest BCUT2D eigenvalue weighted by molar-refractivity contribution is 1.07. The van der Waals surface area contributed by atoms with Crippen LogP contribution in [0.4, 0.5) is 0 Å². The van der Waals surface area contributed by atoms with Gasteiger partial charge in [0.05, 0.1) is 0 Å². The molecule has 3 aromatic carbocycles. The van der Waals surface area contributed by atoms with Crippen LogP contribution in [-0.4, -0.2) is 24.9 Å². The molecule has 0 fully saturated rings. The standard InChI is InChI=1S/C31H20BrN5/c32-28-15-13-25(14-16-28)31-36-29(23-9-5-21(6-10-23)26-3-1-17-33-19-26)35-30(37-31)24-11-7-22(8-12-24)27-4-2-18-34-20-27/h1-20H. The minimum absolute atomic E-state index is 0.622. The number of benzene rings is 3. The molecule has 6 aromatic rings. The van der Waals surface area contributed by atoms with Gasteiger partial charge in [-0.3, -0.25) is 9.97 Å². The highest BCUT2D eigenvalue weighted by Crippen LogP contribution is 2.28. The van der Waals surface area contributed by atoms with Gasteiger partial charge >= 0.3 is 0 Å². The molecule has 6 heteroatoms. The van der Waals surface area contributed by atoms with E-state index in [0.29, 0.717) is 17.5 Å². The molecular formula is C31H20BrN5. The van der Waals surface area contributed by atoms with Crippen molar-refractivity contribution in [1.82, 2.24) is 24.9 Å². The number of hydrogen-bond acceptors (Lipinski definition) is 5. The van der Waals surface area contributed by atoms with Gasteiger partial charge in [0.2, 0.25) is 0 Å². The second kappa shape index (κ2) is 10.2. The summed E-state index contributed by atoms with van der Waals surface area (Å²) in [6, 6.07) is 32.4.